The first-order chi connectivity index (χ1) is 13.2. The summed E-state index contributed by atoms with van der Waals surface area (Å²) in [6.07, 6.45) is 2.53. The van der Waals surface area contributed by atoms with Gasteiger partial charge in [0.2, 0.25) is 17.6 Å². The molecule has 0 radical (unpaired) electrons. The molecule has 1 aromatic carbocycles. The number of hydroxylamine groups is 2. The Balaban J connectivity index is 1.51. The van der Waals surface area contributed by atoms with Gasteiger partial charge in [0, 0.05) is 25.1 Å². The first kappa shape index (κ1) is 19.1. The number of hydrogen-bond donors (Lipinski definition) is 1. The minimum absolute atomic E-state index is 0.0879. The number of nitrogens with one attached hydrogen (secondary N) is 1. The third-order valence-electron chi connectivity index (χ3n) is 4.21. The summed E-state index contributed by atoms with van der Waals surface area (Å²) in [5.74, 6) is 1.86. The lowest BCUT2D eigenvalue weighted by molar-refractivity contribution is -0.181. The maximum absolute atomic E-state index is 12.0. The average Bonchev–Trinajstić information content (AvgIpc) is 3.20. The van der Waals surface area contributed by atoms with Crippen molar-refractivity contribution in [3.8, 4) is 22.9 Å². The van der Waals surface area contributed by atoms with Crippen LogP contribution < -0.4 is 14.8 Å². The zero-order valence-electron chi connectivity index (χ0n) is 15.6. The van der Waals surface area contributed by atoms with Crippen molar-refractivity contribution >= 4 is 5.91 Å². The van der Waals surface area contributed by atoms with Crippen molar-refractivity contribution in [3.05, 3.63) is 24.1 Å². The lowest BCUT2D eigenvalue weighted by Gasteiger charge is -2.25. The second-order valence-corrected chi connectivity index (χ2v) is 6.08. The van der Waals surface area contributed by atoms with Gasteiger partial charge in [-0.15, -0.1) is 0 Å². The van der Waals surface area contributed by atoms with E-state index in [2.05, 4.69) is 15.5 Å². The fourth-order valence-corrected chi connectivity index (χ4v) is 2.73. The molecule has 0 saturated carbocycles. The molecule has 27 heavy (non-hydrogen) atoms. The lowest BCUT2D eigenvalue weighted by Crippen LogP contribution is -2.34. The maximum Gasteiger partial charge on any atom is 0.246 e. The molecule has 1 N–H and O–H groups in total. The van der Waals surface area contributed by atoms with Crippen LogP contribution in [0.1, 0.15) is 25.2 Å². The van der Waals surface area contributed by atoms with Gasteiger partial charge in [-0.2, -0.15) is 10.0 Å². The van der Waals surface area contributed by atoms with Crippen LogP contribution in [0.25, 0.3) is 11.4 Å². The van der Waals surface area contributed by atoms with Gasteiger partial charge in [0.1, 0.15) is 0 Å². The summed E-state index contributed by atoms with van der Waals surface area (Å²) in [4.78, 5) is 21.8. The number of ether oxygens (including phenoxy) is 2. The van der Waals surface area contributed by atoms with Crippen LogP contribution in [-0.2, 0) is 16.2 Å². The van der Waals surface area contributed by atoms with Gasteiger partial charge in [0.15, 0.2) is 11.5 Å². The summed E-state index contributed by atoms with van der Waals surface area (Å²) in [6, 6.07) is 5.35. The van der Waals surface area contributed by atoms with E-state index in [0.29, 0.717) is 36.2 Å². The molecule has 0 spiro atoms. The molecule has 9 nitrogen and oxygen atoms in total. The van der Waals surface area contributed by atoms with Gasteiger partial charge in [-0.3, -0.25) is 9.63 Å². The largest absolute Gasteiger partial charge is 0.493 e. The predicted molar refractivity (Wildman–Crippen MR) is 96.1 cm³/mol. The quantitative estimate of drug-likeness (QED) is 0.744. The Morgan fingerprint density at radius 3 is 2.85 bits per heavy atom. The molecular formula is C18H24N4O5. The van der Waals surface area contributed by atoms with Gasteiger partial charge in [-0.1, -0.05) is 5.16 Å². The highest BCUT2D eigenvalue weighted by Gasteiger charge is 2.15. The topological polar surface area (TPSA) is 99.0 Å². The summed E-state index contributed by atoms with van der Waals surface area (Å²) in [6.45, 7) is 2.35. The van der Waals surface area contributed by atoms with Crippen LogP contribution in [-0.4, -0.2) is 55.0 Å². The maximum atomic E-state index is 12.0. The summed E-state index contributed by atoms with van der Waals surface area (Å²) < 4.78 is 15.7. The van der Waals surface area contributed by atoms with E-state index >= 15 is 0 Å². The van der Waals surface area contributed by atoms with Gasteiger partial charge in [-0.05, 0) is 31.0 Å². The molecule has 0 bridgehead atoms. The molecule has 9 heteroatoms. The third-order valence-corrected chi connectivity index (χ3v) is 4.21. The van der Waals surface area contributed by atoms with Crippen LogP contribution in [0.5, 0.6) is 11.5 Å². The van der Waals surface area contributed by atoms with E-state index in [9.17, 15) is 4.79 Å². The van der Waals surface area contributed by atoms with Crippen molar-refractivity contribution in [3.63, 3.8) is 0 Å². The summed E-state index contributed by atoms with van der Waals surface area (Å²) >= 11 is 0. The van der Waals surface area contributed by atoms with Gasteiger partial charge in [-0.25, -0.2) is 0 Å². The molecule has 0 atom stereocenters. The molecule has 1 aliphatic rings. The normalized spacial score (nSPS) is 14.7. The third kappa shape index (κ3) is 5.18. The Morgan fingerprint density at radius 2 is 2.11 bits per heavy atom. The van der Waals surface area contributed by atoms with E-state index in [4.69, 9.17) is 18.8 Å². The van der Waals surface area contributed by atoms with Gasteiger partial charge >= 0.3 is 0 Å². The number of hydrogen-bond acceptors (Lipinski definition) is 8. The molecule has 3 rings (SSSR count). The summed E-state index contributed by atoms with van der Waals surface area (Å²) in [7, 11) is 3.14. The number of carbonyl (C=O) groups excluding carboxylic acids is 1. The molecule has 1 fully saturated rings. The fraction of sp³-hybridized carbons (Fsp3) is 0.500. The molecule has 1 aromatic heterocycles. The molecule has 0 aliphatic carbocycles. The highest BCUT2D eigenvalue weighted by Crippen LogP contribution is 2.31. The lowest BCUT2D eigenvalue weighted by atomic mass is 10.2. The number of nitrogens with zero attached hydrogens (tertiary/aromatic N) is 3. The smallest absolute Gasteiger partial charge is 0.246 e. The van der Waals surface area contributed by atoms with Gasteiger partial charge in [0.25, 0.3) is 0 Å². The number of benzene rings is 1. The van der Waals surface area contributed by atoms with Crippen LogP contribution in [0.2, 0.25) is 0 Å². The minimum Gasteiger partial charge on any atom is -0.493 e. The molecule has 146 valence electrons. The Bertz CT molecular complexity index is 758. The zero-order chi connectivity index (χ0) is 19.1. The predicted octanol–water partition coefficient (Wildman–Crippen LogP) is 1.79. The summed E-state index contributed by atoms with van der Waals surface area (Å²) in [5.41, 5.74) is 0.733. The minimum atomic E-state index is -0.0879. The SMILES string of the molecule is COc1ccc(-c2noc(CNC(=O)CCN3CCCCO3)n2)cc1OC. The van der Waals surface area contributed by atoms with E-state index in [1.165, 1.54) is 0 Å². The molecule has 2 heterocycles. The van der Waals surface area contributed by atoms with Crippen LogP contribution in [0.3, 0.4) is 0 Å². The Morgan fingerprint density at radius 1 is 1.26 bits per heavy atom. The average molecular weight is 376 g/mol. The van der Waals surface area contributed by atoms with E-state index in [1.807, 2.05) is 11.1 Å². The van der Waals surface area contributed by atoms with Crippen molar-refractivity contribution in [2.24, 2.45) is 0 Å². The van der Waals surface area contributed by atoms with Gasteiger partial charge in [0.05, 0.1) is 27.4 Å². The van der Waals surface area contributed by atoms with Gasteiger partial charge < -0.3 is 19.3 Å². The Labute approximate surface area is 157 Å². The Hall–Kier alpha value is -2.65. The molecule has 1 saturated heterocycles. The van der Waals surface area contributed by atoms with E-state index in [-0.39, 0.29) is 12.5 Å². The fourth-order valence-electron chi connectivity index (χ4n) is 2.73. The first-order valence-electron chi connectivity index (χ1n) is 8.89. The van der Waals surface area contributed by atoms with Crippen LogP contribution in [0, 0.1) is 0 Å². The standard InChI is InChI=1S/C18H24N4O5/c1-24-14-6-5-13(11-15(14)25-2)18-20-17(27-21-18)12-19-16(23)7-9-22-8-3-4-10-26-22/h5-6,11H,3-4,7-10,12H2,1-2H3,(H,19,23). The van der Waals surface area contributed by atoms with E-state index < -0.39 is 0 Å². The van der Waals surface area contributed by atoms with Crippen molar-refractivity contribution in [1.82, 2.24) is 20.5 Å². The number of carbonyl (C=O) groups is 1. The summed E-state index contributed by atoms with van der Waals surface area (Å²) in [5, 5.41) is 8.57. The second-order valence-electron chi connectivity index (χ2n) is 6.08. The highest BCUT2D eigenvalue weighted by molar-refractivity contribution is 5.75. The number of methoxy groups -OCH3 is 2. The van der Waals surface area contributed by atoms with Crippen molar-refractivity contribution in [1.29, 1.82) is 0 Å². The molecule has 1 amide bonds. The zero-order valence-corrected chi connectivity index (χ0v) is 15.6. The molecule has 1 aliphatic heterocycles. The van der Waals surface area contributed by atoms with Crippen molar-refractivity contribution in [2.75, 3.05) is 33.9 Å². The van der Waals surface area contributed by atoms with Crippen molar-refractivity contribution in [2.45, 2.75) is 25.8 Å². The second kappa shape index (κ2) is 9.33. The van der Waals surface area contributed by atoms with Crippen LogP contribution >= 0.6 is 0 Å². The number of aromatic nitrogens is 2. The molecule has 0 unspecified atom stereocenters. The number of amides is 1. The van der Waals surface area contributed by atoms with E-state index in [1.54, 1.807) is 26.4 Å². The van der Waals surface area contributed by atoms with Crippen LogP contribution in [0.4, 0.5) is 0 Å². The molecular weight excluding hydrogens is 352 g/mol. The monoisotopic (exact) mass is 376 g/mol. The molecule has 2 aromatic rings. The first-order valence-corrected chi connectivity index (χ1v) is 8.89. The van der Waals surface area contributed by atoms with Crippen LogP contribution in [0.15, 0.2) is 22.7 Å². The number of rotatable bonds is 8. The Kier molecular flexibility index (Phi) is 6.61. The highest BCUT2D eigenvalue weighted by atomic mass is 16.7. The van der Waals surface area contributed by atoms with Crippen molar-refractivity contribution < 1.29 is 23.6 Å². The van der Waals surface area contributed by atoms with E-state index in [0.717, 1.165) is 31.6 Å².